The number of para-hydroxylation sites is 1. The summed E-state index contributed by atoms with van der Waals surface area (Å²) in [6.07, 6.45) is 3.79. The van der Waals surface area contributed by atoms with Crippen LogP contribution in [0.25, 0.3) is 10.9 Å². The van der Waals surface area contributed by atoms with E-state index in [0.29, 0.717) is 11.5 Å². The Kier molecular flexibility index (Phi) is 2.96. The molecule has 1 unspecified atom stereocenters. The molecule has 100 valence electrons. The second-order valence-electron chi connectivity index (χ2n) is 6.59. The van der Waals surface area contributed by atoms with Gasteiger partial charge in [-0.2, -0.15) is 0 Å². The van der Waals surface area contributed by atoms with Gasteiger partial charge in [0, 0.05) is 11.4 Å². The van der Waals surface area contributed by atoms with Gasteiger partial charge in [-0.1, -0.05) is 32.0 Å². The summed E-state index contributed by atoms with van der Waals surface area (Å²) in [6.45, 7) is 6.85. The average Bonchev–Trinajstić information content (AvgIpc) is 2.70. The molecule has 1 aromatic carbocycles. The Morgan fingerprint density at radius 2 is 2.05 bits per heavy atom. The molecule has 1 N–H and O–H groups in total. The van der Waals surface area contributed by atoms with E-state index in [-0.39, 0.29) is 0 Å². The SMILES string of the molecule is Cc1cc2ccccc2nc1NC1CCC(C)(C)C1. The van der Waals surface area contributed by atoms with Crippen molar-refractivity contribution in [3.63, 3.8) is 0 Å². The molecule has 1 aromatic heterocycles. The summed E-state index contributed by atoms with van der Waals surface area (Å²) in [4.78, 5) is 4.77. The fourth-order valence-electron chi connectivity index (χ4n) is 3.12. The molecular formula is C17H22N2. The number of anilines is 1. The van der Waals surface area contributed by atoms with Gasteiger partial charge in [0.2, 0.25) is 0 Å². The van der Waals surface area contributed by atoms with E-state index in [1.807, 2.05) is 6.07 Å². The van der Waals surface area contributed by atoms with Crippen LogP contribution in [0.4, 0.5) is 5.82 Å². The highest BCUT2D eigenvalue weighted by Crippen LogP contribution is 2.38. The second-order valence-corrected chi connectivity index (χ2v) is 6.59. The van der Waals surface area contributed by atoms with Gasteiger partial charge in [-0.15, -0.1) is 0 Å². The van der Waals surface area contributed by atoms with E-state index in [1.54, 1.807) is 0 Å². The van der Waals surface area contributed by atoms with Crippen molar-refractivity contribution < 1.29 is 0 Å². The lowest BCUT2D eigenvalue weighted by molar-refractivity contribution is 0.378. The highest BCUT2D eigenvalue weighted by Gasteiger charge is 2.31. The highest BCUT2D eigenvalue weighted by atomic mass is 15.0. The quantitative estimate of drug-likeness (QED) is 0.851. The Labute approximate surface area is 115 Å². The number of fused-ring (bicyclic) bond motifs is 1. The molecule has 2 heteroatoms. The maximum absolute atomic E-state index is 4.77. The number of pyridine rings is 1. The molecule has 2 aromatic rings. The van der Waals surface area contributed by atoms with E-state index >= 15 is 0 Å². The molecule has 0 bridgehead atoms. The first-order valence-corrected chi connectivity index (χ1v) is 7.16. The van der Waals surface area contributed by atoms with Crippen LogP contribution < -0.4 is 5.32 Å². The fourth-order valence-corrected chi connectivity index (χ4v) is 3.12. The summed E-state index contributed by atoms with van der Waals surface area (Å²) in [5.74, 6) is 1.06. The molecule has 1 fully saturated rings. The molecule has 0 radical (unpaired) electrons. The maximum atomic E-state index is 4.77. The Bertz CT molecular complexity index is 601. The van der Waals surface area contributed by atoms with Crippen molar-refractivity contribution in [1.29, 1.82) is 0 Å². The Hall–Kier alpha value is -1.57. The molecule has 1 aliphatic rings. The van der Waals surface area contributed by atoms with Crippen molar-refractivity contribution in [2.24, 2.45) is 5.41 Å². The van der Waals surface area contributed by atoms with Crippen molar-refractivity contribution in [2.45, 2.75) is 46.1 Å². The molecule has 1 saturated carbocycles. The van der Waals surface area contributed by atoms with Gasteiger partial charge >= 0.3 is 0 Å². The Morgan fingerprint density at radius 1 is 1.26 bits per heavy atom. The third-order valence-electron chi connectivity index (χ3n) is 4.22. The molecule has 0 amide bonds. The third-order valence-corrected chi connectivity index (χ3v) is 4.22. The first-order valence-electron chi connectivity index (χ1n) is 7.16. The van der Waals surface area contributed by atoms with E-state index in [1.165, 1.54) is 30.2 Å². The van der Waals surface area contributed by atoms with Gasteiger partial charge in [-0.3, -0.25) is 0 Å². The van der Waals surface area contributed by atoms with Gasteiger partial charge in [0.1, 0.15) is 5.82 Å². The molecule has 1 aliphatic carbocycles. The number of rotatable bonds is 2. The molecule has 19 heavy (non-hydrogen) atoms. The maximum Gasteiger partial charge on any atom is 0.129 e. The van der Waals surface area contributed by atoms with E-state index in [9.17, 15) is 0 Å². The second kappa shape index (κ2) is 4.52. The molecule has 1 heterocycles. The predicted octanol–water partition coefficient (Wildman–Crippen LogP) is 4.53. The molecule has 0 aliphatic heterocycles. The lowest BCUT2D eigenvalue weighted by Crippen LogP contribution is -2.19. The summed E-state index contributed by atoms with van der Waals surface area (Å²) in [5, 5.41) is 4.87. The van der Waals surface area contributed by atoms with Crippen molar-refractivity contribution in [1.82, 2.24) is 4.98 Å². The van der Waals surface area contributed by atoms with Gasteiger partial charge in [-0.05, 0) is 49.3 Å². The zero-order valence-electron chi connectivity index (χ0n) is 12.0. The summed E-state index contributed by atoms with van der Waals surface area (Å²) in [6, 6.07) is 11.1. The number of benzene rings is 1. The minimum atomic E-state index is 0.475. The van der Waals surface area contributed by atoms with Crippen LogP contribution in [0, 0.1) is 12.3 Å². The van der Waals surface area contributed by atoms with Crippen LogP contribution in [0.2, 0.25) is 0 Å². The summed E-state index contributed by atoms with van der Waals surface area (Å²) >= 11 is 0. The number of nitrogens with one attached hydrogen (secondary N) is 1. The fraction of sp³-hybridized carbons (Fsp3) is 0.471. The highest BCUT2D eigenvalue weighted by molar-refractivity contribution is 5.81. The number of nitrogens with zero attached hydrogens (tertiary/aromatic N) is 1. The minimum Gasteiger partial charge on any atom is -0.367 e. The van der Waals surface area contributed by atoms with E-state index < -0.39 is 0 Å². The van der Waals surface area contributed by atoms with Crippen LogP contribution in [-0.4, -0.2) is 11.0 Å². The molecule has 3 rings (SSSR count). The largest absolute Gasteiger partial charge is 0.367 e. The van der Waals surface area contributed by atoms with Crippen molar-refractivity contribution >= 4 is 16.7 Å². The third kappa shape index (κ3) is 2.58. The Morgan fingerprint density at radius 3 is 2.79 bits per heavy atom. The van der Waals surface area contributed by atoms with Crippen molar-refractivity contribution in [2.75, 3.05) is 5.32 Å². The average molecular weight is 254 g/mol. The lowest BCUT2D eigenvalue weighted by Gasteiger charge is -2.19. The standard InChI is InChI=1S/C17H22N2/c1-12-10-13-6-4-5-7-15(13)19-16(12)18-14-8-9-17(2,3)11-14/h4-7,10,14H,8-9,11H2,1-3H3,(H,18,19). The summed E-state index contributed by atoms with van der Waals surface area (Å²) in [7, 11) is 0. The number of hydrogen-bond donors (Lipinski definition) is 1. The first kappa shape index (κ1) is 12.5. The number of aromatic nitrogens is 1. The molecule has 0 spiro atoms. The van der Waals surface area contributed by atoms with Gasteiger partial charge in [0.15, 0.2) is 0 Å². The zero-order valence-corrected chi connectivity index (χ0v) is 12.0. The topological polar surface area (TPSA) is 24.9 Å². The van der Waals surface area contributed by atoms with Crippen molar-refractivity contribution in [3.8, 4) is 0 Å². The van der Waals surface area contributed by atoms with Crippen molar-refractivity contribution in [3.05, 3.63) is 35.9 Å². The van der Waals surface area contributed by atoms with Gasteiger partial charge in [-0.25, -0.2) is 4.98 Å². The van der Waals surface area contributed by atoms with Crippen LogP contribution in [-0.2, 0) is 0 Å². The summed E-state index contributed by atoms with van der Waals surface area (Å²) in [5.41, 5.74) is 2.79. The van der Waals surface area contributed by atoms with Crippen LogP contribution >= 0.6 is 0 Å². The first-order chi connectivity index (χ1) is 9.03. The monoisotopic (exact) mass is 254 g/mol. The minimum absolute atomic E-state index is 0.475. The molecule has 0 saturated heterocycles. The van der Waals surface area contributed by atoms with Gasteiger partial charge in [0.05, 0.1) is 5.52 Å². The zero-order chi connectivity index (χ0) is 13.5. The van der Waals surface area contributed by atoms with Gasteiger partial charge in [0.25, 0.3) is 0 Å². The molecule has 2 nitrogen and oxygen atoms in total. The van der Waals surface area contributed by atoms with Crippen LogP contribution in [0.1, 0.15) is 38.7 Å². The normalized spacial score (nSPS) is 21.7. The summed E-state index contributed by atoms with van der Waals surface area (Å²) < 4.78 is 0. The molecular weight excluding hydrogens is 232 g/mol. The van der Waals surface area contributed by atoms with E-state index in [4.69, 9.17) is 4.98 Å². The Balaban J connectivity index is 1.87. The van der Waals surface area contributed by atoms with Crippen LogP contribution in [0.3, 0.4) is 0 Å². The molecule has 1 atom stereocenters. The van der Waals surface area contributed by atoms with Crippen LogP contribution in [0.5, 0.6) is 0 Å². The number of hydrogen-bond acceptors (Lipinski definition) is 2. The lowest BCUT2D eigenvalue weighted by atomic mass is 9.92. The predicted molar refractivity (Wildman–Crippen MR) is 81.5 cm³/mol. The van der Waals surface area contributed by atoms with E-state index in [0.717, 1.165) is 11.3 Å². The van der Waals surface area contributed by atoms with Crippen LogP contribution in [0.15, 0.2) is 30.3 Å². The smallest absolute Gasteiger partial charge is 0.129 e. The van der Waals surface area contributed by atoms with E-state index in [2.05, 4.69) is 50.4 Å². The van der Waals surface area contributed by atoms with Gasteiger partial charge < -0.3 is 5.32 Å². The number of aryl methyl sites for hydroxylation is 1.